The van der Waals surface area contributed by atoms with Crippen molar-refractivity contribution in [1.29, 1.82) is 0 Å². The predicted molar refractivity (Wildman–Crippen MR) is 78.9 cm³/mol. The summed E-state index contributed by atoms with van der Waals surface area (Å²) in [6, 6.07) is 0. The fourth-order valence-electron chi connectivity index (χ4n) is 3.10. The lowest BCUT2D eigenvalue weighted by Gasteiger charge is -2.29. The number of carbonyl (C=O) groups excluding carboxylic acids is 1. The van der Waals surface area contributed by atoms with Gasteiger partial charge in [-0.3, -0.25) is 4.79 Å². The van der Waals surface area contributed by atoms with Crippen LogP contribution >= 0.6 is 0 Å². The molecule has 1 aromatic heterocycles. The van der Waals surface area contributed by atoms with E-state index in [1.54, 1.807) is 0 Å². The van der Waals surface area contributed by atoms with Crippen LogP contribution in [0.25, 0.3) is 0 Å². The van der Waals surface area contributed by atoms with Crippen molar-refractivity contribution in [3.8, 4) is 0 Å². The van der Waals surface area contributed by atoms with Gasteiger partial charge >= 0.3 is 0 Å². The Morgan fingerprint density at radius 3 is 2.74 bits per heavy atom. The lowest BCUT2D eigenvalue weighted by atomic mass is 9.76. The number of aldehydes is 1. The summed E-state index contributed by atoms with van der Waals surface area (Å²) in [6.45, 7) is 5.69. The van der Waals surface area contributed by atoms with Gasteiger partial charge in [-0.15, -0.1) is 0 Å². The molecular weight excluding hydrogens is 236 g/mol. The van der Waals surface area contributed by atoms with E-state index in [0.717, 1.165) is 44.2 Å². The van der Waals surface area contributed by atoms with Crippen LogP contribution in [0.15, 0.2) is 0 Å². The number of nitrogens with one attached hydrogen (secondary N) is 1. The van der Waals surface area contributed by atoms with Crippen LogP contribution in [0.4, 0.5) is 0 Å². The van der Waals surface area contributed by atoms with E-state index < -0.39 is 0 Å². The molecule has 0 unspecified atom stereocenters. The van der Waals surface area contributed by atoms with E-state index in [2.05, 4.69) is 37.8 Å². The first-order chi connectivity index (χ1) is 8.93. The molecule has 1 N–H and O–H groups in total. The highest BCUT2D eigenvalue weighted by Crippen LogP contribution is 2.37. The lowest BCUT2D eigenvalue weighted by Crippen LogP contribution is -2.22. The Morgan fingerprint density at radius 2 is 2.11 bits per heavy atom. The van der Waals surface area contributed by atoms with Gasteiger partial charge in [-0.05, 0) is 69.3 Å². The molecule has 2 rings (SSSR count). The quantitative estimate of drug-likeness (QED) is 0.828. The minimum Gasteiger partial charge on any atom is -0.356 e. The number of hydrogen-bond acceptors (Lipinski definition) is 2. The Balaban J connectivity index is 2.18. The van der Waals surface area contributed by atoms with Gasteiger partial charge in [-0.25, -0.2) is 0 Å². The molecule has 0 atom stereocenters. The molecule has 106 valence electrons. The second-order valence-corrected chi connectivity index (χ2v) is 6.84. The summed E-state index contributed by atoms with van der Waals surface area (Å²) in [7, 11) is 4.19. The van der Waals surface area contributed by atoms with Gasteiger partial charge in [-0.2, -0.15) is 0 Å². The Hall–Kier alpha value is -1.09. The smallest absolute Gasteiger partial charge is 0.166 e. The monoisotopic (exact) mass is 262 g/mol. The van der Waals surface area contributed by atoms with Crippen LogP contribution in [0, 0.1) is 5.41 Å². The number of nitrogens with zero attached hydrogens (tertiary/aromatic N) is 1. The van der Waals surface area contributed by atoms with E-state index in [9.17, 15) is 4.79 Å². The summed E-state index contributed by atoms with van der Waals surface area (Å²) >= 11 is 0. The van der Waals surface area contributed by atoms with Crippen LogP contribution in [0.3, 0.4) is 0 Å². The van der Waals surface area contributed by atoms with Gasteiger partial charge in [0.2, 0.25) is 0 Å². The molecule has 0 fully saturated rings. The molecule has 1 aliphatic rings. The first kappa shape index (κ1) is 14.3. The minimum absolute atomic E-state index is 0.360. The van der Waals surface area contributed by atoms with Crippen molar-refractivity contribution in [3.05, 3.63) is 22.5 Å². The van der Waals surface area contributed by atoms with Crippen molar-refractivity contribution < 1.29 is 4.79 Å². The molecule has 0 amide bonds. The molecule has 0 aromatic carbocycles. The van der Waals surface area contributed by atoms with Crippen molar-refractivity contribution in [3.63, 3.8) is 0 Å². The average Bonchev–Trinajstić information content (AvgIpc) is 2.64. The predicted octanol–water partition coefficient (Wildman–Crippen LogP) is 2.84. The number of aromatic amines is 1. The highest BCUT2D eigenvalue weighted by molar-refractivity contribution is 5.76. The van der Waals surface area contributed by atoms with Crippen LogP contribution in [0.1, 0.15) is 54.0 Å². The zero-order valence-corrected chi connectivity index (χ0v) is 12.7. The van der Waals surface area contributed by atoms with E-state index in [1.807, 2.05) is 0 Å². The summed E-state index contributed by atoms with van der Waals surface area (Å²) in [5, 5.41) is 0. The van der Waals surface area contributed by atoms with Gasteiger partial charge in [0.1, 0.15) is 0 Å². The number of aromatic nitrogens is 1. The SMILES string of the molecule is CN(C)CCCc1c(C=O)[nH]c2c1CCC(C)(C)C2. The van der Waals surface area contributed by atoms with Crippen LogP contribution in [0.2, 0.25) is 0 Å². The number of rotatable bonds is 5. The van der Waals surface area contributed by atoms with E-state index in [0.29, 0.717) is 5.41 Å². The second kappa shape index (κ2) is 5.49. The second-order valence-electron chi connectivity index (χ2n) is 6.84. The third-order valence-electron chi connectivity index (χ3n) is 4.20. The van der Waals surface area contributed by atoms with Gasteiger partial charge < -0.3 is 9.88 Å². The molecule has 1 aromatic rings. The maximum absolute atomic E-state index is 11.3. The summed E-state index contributed by atoms with van der Waals surface area (Å²) in [5.41, 5.74) is 5.20. The number of H-pyrrole nitrogens is 1. The molecule has 0 saturated carbocycles. The van der Waals surface area contributed by atoms with Crippen LogP contribution < -0.4 is 0 Å². The molecule has 1 aliphatic carbocycles. The molecule has 0 aliphatic heterocycles. The Morgan fingerprint density at radius 1 is 1.37 bits per heavy atom. The molecule has 0 bridgehead atoms. The Bertz CT molecular complexity index is 458. The minimum atomic E-state index is 0.360. The highest BCUT2D eigenvalue weighted by Gasteiger charge is 2.29. The molecule has 3 heteroatoms. The standard InChI is InChI=1S/C16H26N2O/c1-16(2)8-7-13-12(6-5-9-18(3)4)15(11-19)17-14(13)10-16/h11,17H,5-10H2,1-4H3. The molecule has 0 spiro atoms. The van der Waals surface area contributed by atoms with Gasteiger partial charge in [0.05, 0.1) is 5.69 Å². The van der Waals surface area contributed by atoms with E-state index in [4.69, 9.17) is 0 Å². The van der Waals surface area contributed by atoms with E-state index in [1.165, 1.54) is 23.2 Å². The van der Waals surface area contributed by atoms with Crippen LogP contribution in [-0.4, -0.2) is 36.8 Å². The maximum atomic E-state index is 11.3. The lowest BCUT2D eigenvalue weighted by molar-refractivity contribution is 0.111. The summed E-state index contributed by atoms with van der Waals surface area (Å²) in [5.74, 6) is 0. The van der Waals surface area contributed by atoms with Gasteiger partial charge in [0, 0.05) is 5.69 Å². The first-order valence-corrected chi connectivity index (χ1v) is 7.25. The number of fused-ring (bicyclic) bond motifs is 1. The van der Waals surface area contributed by atoms with Crippen molar-refractivity contribution in [2.75, 3.05) is 20.6 Å². The van der Waals surface area contributed by atoms with Crippen molar-refractivity contribution in [2.45, 2.75) is 46.0 Å². The molecular formula is C16H26N2O. The van der Waals surface area contributed by atoms with E-state index >= 15 is 0 Å². The largest absolute Gasteiger partial charge is 0.356 e. The van der Waals surface area contributed by atoms with Gasteiger partial charge in [0.25, 0.3) is 0 Å². The Labute approximate surface area is 116 Å². The third-order valence-corrected chi connectivity index (χ3v) is 4.20. The molecule has 19 heavy (non-hydrogen) atoms. The molecule has 1 heterocycles. The maximum Gasteiger partial charge on any atom is 0.166 e. The number of hydrogen-bond donors (Lipinski definition) is 1. The topological polar surface area (TPSA) is 36.1 Å². The third kappa shape index (κ3) is 3.27. The summed E-state index contributed by atoms with van der Waals surface area (Å²) in [6.07, 6.45) is 6.52. The highest BCUT2D eigenvalue weighted by atomic mass is 16.1. The zero-order chi connectivity index (χ0) is 14.0. The molecule has 3 nitrogen and oxygen atoms in total. The molecule has 0 radical (unpaired) electrons. The number of carbonyl (C=O) groups is 1. The Kier molecular flexibility index (Phi) is 4.14. The van der Waals surface area contributed by atoms with Gasteiger partial charge in [0.15, 0.2) is 6.29 Å². The fourth-order valence-corrected chi connectivity index (χ4v) is 3.10. The van der Waals surface area contributed by atoms with E-state index in [-0.39, 0.29) is 0 Å². The molecule has 0 saturated heterocycles. The summed E-state index contributed by atoms with van der Waals surface area (Å²) in [4.78, 5) is 16.8. The van der Waals surface area contributed by atoms with Crippen LogP contribution in [-0.2, 0) is 19.3 Å². The average molecular weight is 262 g/mol. The zero-order valence-electron chi connectivity index (χ0n) is 12.7. The first-order valence-electron chi connectivity index (χ1n) is 7.25. The van der Waals surface area contributed by atoms with Crippen molar-refractivity contribution >= 4 is 6.29 Å². The van der Waals surface area contributed by atoms with Crippen molar-refractivity contribution in [1.82, 2.24) is 9.88 Å². The fraction of sp³-hybridized carbons (Fsp3) is 0.688. The van der Waals surface area contributed by atoms with Gasteiger partial charge in [-0.1, -0.05) is 13.8 Å². The summed E-state index contributed by atoms with van der Waals surface area (Å²) < 4.78 is 0. The van der Waals surface area contributed by atoms with Crippen molar-refractivity contribution in [2.24, 2.45) is 5.41 Å². The normalized spacial score (nSPS) is 17.5. The van der Waals surface area contributed by atoms with Crippen LogP contribution in [0.5, 0.6) is 0 Å².